The molecule has 0 bridgehead atoms. The van der Waals surface area contributed by atoms with E-state index in [4.69, 9.17) is 0 Å². The Bertz CT molecular complexity index is 563. The molecule has 3 rings (SSSR count). The van der Waals surface area contributed by atoms with Gasteiger partial charge in [-0.2, -0.15) is 0 Å². The standard InChI is InChI=1S/C18H26N2O3/c1-12-5-4-7-13-6-2-3-8-16(13)17(12)19-18(23)20-10-15(22)9-14(20)11-21/h2-3,6,8,12,14-15,17,21-22H,4-5,7,9-11H2,1H3,(H,19,23)/t12-,14-,15-,17+/m0/s1. The number of β-amino-alcohol motifs (C(OH)–C–C–N with tert-alkyl or cyclic N) is 1. The normalized spacial score (nSPS) is 30.7. The van der Waals surface area contributed by atoms with Crippen molar-refractivity contribution in [3.63, 3.8) is 0 Å². The van der Waals surface area contributed by atoms with Crippen LogP contribution in [0.25, 0.3) is 0 Å². The molecule has 3 N–H and O–H groups in total. The number of hydrogen-bond donors (Lipinski definition) is 3. The molecule has 5 heteroatoms. The summed E-state index contributed by atoms with van der Waals surface area (Å²) < 4.78 is 0. The summed E-state index contributed by atoms with van der Waals surface area (Å²) in [7, 11) is 0. The Morgan fingerprint density at radius 3 is 2.96 bits per heavy atom. The van der Waals surface area contributed by atoms with E-state index in [1.54, 1.807) is 4.90 Å². The number of aliphatic hydroxyl groups is 2. The highest BCUT2D eigenvalue weighted by atomic mass is 16.3. The fourth-order valence-electron chi connectivity index (χ4n) is 3.90. The number of carbonyl (C=O) groups excluding carboxylic acids is 1. The van der Waals surface area contributed by atoms with Crippen LogP contribution in [0.1, 0.15) is 43.4 Å². The molecule has 2 amide bonds. The summed E-state index contributed by atoms with van der Waals surface area (Å²) >= 11 is 0. The molecule has 0 saturated carbocycles. The highest BCUT2D eigenvalue weighted by Gasteiger charge is 2.36. The zero-order valence-corrected chi connectivity index (χ0v) is 13.6. The molecule has 1 aliphatic heterocycles. The lowest BCUT2D eigenvalue weighted by molar-refractivity contribution is 0.149. The summed E-state index contributed by atoms with van der Waals surface area (Å²) in [6, 6.07) is 7.82. The van der Waals surface area contributed by atoms with Crippen LogP contribution in [0.3, 0.4) is 0 Å². The van der Waals surface area contributed by atoms with Gasteiger partial charge in [-0.1, -0.05) is 31.2 Å². The first-order valence-electron chi connectivity index (χ1n) is 8.54. The van der Waals surface area contributed by atoms with Gasteiger partial charge in [-0.3, -0.25) is 0 Å². The maximum absolute atomic E-state index is 12.7. The summed E-state index contributed by atoms with van der Waals surface area (Å²) in [5.41, 5.74) is 2.51. The molecule has 0 unspecified atom stereocenters. The van der Waals surface area contributed by atoms with Crippen molar-refractivity contribution < 1.29 is 15.0 Å². The third-order valence-corrected chi connectivity index (χ3v) is 5.21. The summed E-state index contributed by atoms with van der Waals surface area (Å²) in [6.07, 6.45) is 3.16. The van der Waals surface area contributed by atoms with Crippen molar-refractivity contribution in [3.05, 3.63) is 35.4 Å². The van der Waals surface area contributed by atoms with Crippen molar-refractivity contribution in [2.45, 2.75) is 50.8 Å². The van der Waals surface area contributed by atoms with Gasteiger partial charge in [-0.15, -0.1) is 0 Å². The Hall–Kier alpha value is -1.59. The van der Waals surface area contributed by atoms with E-state index in [1.165, 1.54) is 11.1 Å². The lowest BCUT2D eigenvalue weighted by atomic mass is 9.92. The monoisotopic (exact) mass is 318 g/mol. The van der Waals surface area contributed by atoms with E-state index in [0.717, 1.165) is 19.3 Å². The van der Waals surface area contributed by atoms with Gasteiger partial charge >= 0.3 is 6.03 Å². The number of amides is 2. The van der Waals surface area contributed by atoms with E-state index in [2.05, 4.69) is 24.4 Å². The minimum Gasteiger partial charge on any atom is -0.394 e. The molecule has 2 aliphatic rings. The summed E-state index contributed by atoms with van der Waals surface area (Å²) in [5.74, 6) is 0.364. The number of nitrogens with zero attached hydrogens (tertiary/aromatic N) is 1. The van der Waals surface area contributed by atoms with E-state index in [0.29, 0.717) is 18.9 Å². The average molecular weight is 318 g/mol. The number of aryl methyl sites for hydroxylation is 1. The Kier molecular flexibility index (Phi) is 4.87. The maximum Gasteiger partial charge on any atom is 0.318 e. The molecule has 0 radical (unpaired) electrons. The van der Waals surface area contributed by atoms with Gasteiger partial charge in [0.1, 0.15) is 0 Å². The van der Waals surface area contributed by atoms with E-state index in [-0.39, 0.29) is 24.7 Å². The summed E-state index contributed by atoms with van der Waals surface area (Å²) in [6.45, 7) is 2.36. The number of nitrogens with one attached hydrogen (secondary N) is 1. The molecule has 4 atom stereocenters. The molecule has 0 aromatic heterocycles. The zero-order chi connectivity index (χ0) is 16.4. The quantitative estimate of drug-likeness (QED) is 0.729. The van der Waals surface area contributed by atoms with Gasteiger partial charge in [-0.25, -0.2) is 4.79 Å². The largest absolute Gasteiger partial charge is 0.394 e. The smallest absolute Gasteiger partial charge is 0.318 e. The van der Waals surface area contributed by atoms with Gasteiger partial charge in [0.25, 0.3) is 0 Å². The lowest BCUT2D eigenvalue weighted by Gasteiger charge is -2.30. The van der Waals surface area contributed by atoms with Gasteiger partial charge in [0.05, 0.1) is 24.8 Å². The van der Waals surface area contributed by atoms with Gasteiger partial charge in [0.15, 0.2) is 0 Å². The number of carbonyl (C=O) groups is 1. The fourth-order valence-corrected chi connectivity index (χ4v) is 3.90. The molecular formula is C18H26N2O3. The molecule has 1 heterocycles. The fraction of sp³-hybridized carbons (Fsp3) is 0.611. The predicted molar refractivity (Wildman–Crippen MR) is 88.0 cm³/mol. The summed E-state index contributed by atoms with van der Waals surface area (Å²) in [5, 5.41) is 22.4. The van der Waals surface area contributed by atoms with Crippen LogP contribution < -0.4 is 5.32 Å². The second-order valence-corrected chi connectivity index (χ2v) is 6.87. The maximum atomic E-state index is 12.7. The first kappa shape index (κ1) is 16.3. The third-order valence-electron chi connectivity index (χ3n) is 5.21. The number of fused-ring (bicyclic) bond motifs is 1. The number of aliphatic hydroxyl groups excluding tert-OH is 2. The van der Waals surface area contributed by atoms with Crippen LogP contribution in [-0.4, -0.2) is 46.4 Å². The molecule has 1 aromatic rings. The second kappa shape index (κ2) is 6.89. The molecule has 0 spiro atoms. The van der Waals surface area contributed by atoms with Crippen molar-refractivity contribution in [2.24, 2.45) is 5.92 Å². The van der Waals surface area contributed by atoms with Gasteiger partial charge in [0.2, 0.25) is 0 Å². The van der Waals surface area contributed by atoms with Crippen molar-refractivity contribution >= 4 is 6.03 Å². The highest BCUT2D eigenvalue weighted by molar-refractivity contribution is 5.75. The number of urea groups is 1. The van der Waals surface area contributed by atoms with Crippen LogP contribution in [0.15, 0.2) is 24.3 Å². The topological polar surface area (TPSA) is 72.8 Å². The molecule has 5 nitrogen and oxygen atoms in total. The Balaban J connectivity index is 1.79. The molecule has 1 fully saturated rings. The van der Waals surface area contributed by atoms with Crippen molar-refractivity contribution in [1.29, 1.82) is 0 Å². The number of likely N-dealkylation sites (tertiary alicyclic amines) is 1. The zero-order valence-electron chi connectivity index (χ0n) is 13.6. The minimum absolute atomic E-state index is 0.0155. The van der Waals surface area contributed by atoms with Crippen LogP contribution in [0, 0.1) is 5.92 Å². The highest BCUT2D eigenvalue weighted by Crippen LogP contribution is 2.33. The average Bonchev–Trinajstić information content (AvgIpc) is 2.86. The first-order valence-corrected chi connectivity index (χ1v) is 8.54. The lowest BCUT2D eigenvalue weighted by Crippen LogP contribution is -2.46. The van der Waals surface area contributed by atoms with E-state index < -0.39 is 6.10 Å². The SMILES string of the molecule is C[C@H]1CCCc2ccccc2[C@@H]1NC(=O)N1C[C@@H](O)C[C@H]1CO. The van der Waals surface area contributed by atoms with E-state index >= 15 is 0 Å². The Morgan fingerprint density at radius 2 is 2.17 bits per heavy atom. The molecule has 1 saturated heterocycles. The number of hydrogen-bond acceptors (Lipinski definition) is 3. The summed E-state index contributed by atoms with van der Waals surface area (Å²) in [4.78, 5) is 14.3. The van der Waals surface area contributed by atoms with Crippen LogP contribution in [0.5, 0.6) is 0 Å². The van der Waals surface area contributed by atoms with Crippen LogP contribution >= 0.6 is 0 Å². The molecule has 126 valence electrons. The van der Waals surface area contributed by atoms with Gasteiger partial charge < -0.3 is 20.4 Å². The van der Waals surface area contributed by atoms with E-state index in [1.807, 2.05) is 12.1 Å². The van der Waals surface area contributed by atoms with Crippen molar-refractivity contribution in [1.82, 2.24) is 10.2 Å². The van der Waals surface area contributed by atoms with Crippen LogP contribution in [0.4, 0.5) is 4.79 Å². The molecular weight excluding hydrogens is 292 g/mol. The third kappa shape index (κ3) is 3.35. The van der Waals surface area contributed by atoms with Gasteiger partial charge in [-0.05, 0) is 42.7 Å². The van der Waals surface area contributed by atoms with Crippen LogP contribution in [-0.2, 0) is 6.42 Å². The Labute approximate surface area is 137 Å². The number of rotatable bonds is 2. The van der Waals surface area contributed by atoms with Crippen molar-refractivity contribution in [3.8, 4) is 0 Å². The molecule has 1 aromatic carbocycles. The molecule has 1 aliphatic carbocycles. The first-order chi connectivity index (χ1) is 11.1. The second-order valence-electron chi connectivity index (χ2n) is 6.87. The van der Waals surface area contributed by atoms with E-state index in [9.17, 15) is 15.0 Å². The number of benzene rings is 1. The van der Waals surface area contributed by atoms with Gasteiger partial charge in [0, 0.05) is 6.54 Å². The predicted octanol–water partition coefficient (Wildman–Crippen LogP) is 1.84. The molecule has 23 heavy (non-hydrogen) atoms. The Morgan fingerprint density at radius 1 is 1.39 bits per heavy atom. The van der Waals surface area contributed by atoms with Crippen LogP contribution in [0.2, 0.25) is 0 Å². The minimum atomic E-state index is -0.545. The van der Waals surface area contributed by atoms with Crippen molar-refractivity contribution in [2.75, 3.05) is 13.2 Å².